The minimum Gasteiger partial charge on any atom is -0.483 e. The molecule has 1 aromatic carbocycles. The number of pyridine rings is 1. The summed E-state index contributed by atoms with van der Waals surface area (Å²) in [5.74, 6) is -2.33. The second-order valence-corrected chi connectivity index (χ2v) is 10.9. The number of likely N-dealkylation sites (tertiary alicyclic amines) is 1. The van der Waals surface area contributed by atoms with Gasteiger partial charge in [0.15, 0.2) is 6.61 Å². The molecule has 3 heterocycles. The lowest BCUT2D eigenvalue weighted by Crippen LogP contribution is -2.56. The third-order valence-electron chi connectivity index (χ3n) is 7.79. The smallest absolute Gasteiger partial charge is 0.409 e. The van der Waals surface area contributed by atoms with Gasteiger partial charge in [0.1, 0.15) is 17.5 Å². The molecule has 0 radical (unpaired) electrons. The van der Waals surface area contributed by atoms with E-state index >= 15 is 0 Å². The van der Waals surface area contributed by atoms with Crippen molar-refractivity contribution in [2.45, 2.75) is 51.6 Å². The van der Waals surface area contributed by atoms with Crippen molar-refractivity contribution in [1.82, 2.24) is 25.0 Å². The van der Waals surface area contributed by atoms with Gasteiger partial charge in [-0.2, -0.15) is 0 Å². The van der Waals surface area contributed by atoms with E-state index in [0.717, 1.165) is 12.0 Å². The Labute approximate surface area is 254 Å². The maximum atomic E-state index is 13.5. The number of ether oxygens (including phenoxy) is 2. The number of amides is 4. The molecule has 2 aliphatic heterocycles. The van der Waals surface area contributed by atoms with E-state index in [4.69, 9.17) is 9.47 Å². The van der Waals surface area contributed by atoms with Gasteiger partial charge in [-0.1, -0.05) is 6.07 Å². The summed E-state index contributed by atoms with van der Waals surface area (Å²) in [7, 11) is 0. The molecule has 0 spiro atoms. The van der Waals surface area contributed by atoms with Crippen LogP contribution in [0.5, 0.6) is 5.75 Å². The molecule has 238 valence electrons. The van der Waals surface area contributed by atoms with Crippen molar-refractivity contribution in [3.05, 3.63) is 35.5 Å². The zero-order valence-corrected chi connectivity index (χ0v) is 25.0. The largest absolute Gasteiger partial charge is 0.483 e. The van der Waals surface area contributed by atoms with Crippen LogP contribution in [0, 0.1) is 6.92 Å². The SMILES string of the molecule is CCOC(=O)N1CCN(C(=O)C(CCC(=O)O)NC(=O)c2cc(OCC(=O)N3CCCC3CO)c3ccc(C)cc3n2)CC1. The Kier molecular flexibility index (Phi) is 10.9. The average Bonchev–Trinajstić information content (AvgIpc) is 3.50. The lowest BCUT2D eigenvalue weighted by molar-refractivity contribution is -0.138. The quantitative estimate of drug-likeness (QED) is 0.333. The molecular weight excluding hydrogens is 574 g/mol. The van der Waals surface area contributed by atoms with Crippen molar-refractivity contribution >= 4 is 40.7 Å². The molecule has 2 unspecified atom stereocenters. The van der Waals surface area contributed by atoms with E-state index in [1.54, 1.807) is 24.0 Å². The molecule has 0 aliphatic carbocycles. The molecule has 1 aromatic heterocycles. The topological polar surface area (TPSA) is 179 Å². The number of aliphatic carboxylic acids is 1. The summed E-state index contributed by atoms with van der Waals surface area (Å²) in [5, 5.41) is 22.1. The molecule has 14 nitrogen and oxygen atoms in total. The van der Waals surface area contributed by atoms with Gasteiger partial charge in [-0.25, -0.2) is 9.78 Å². The molecular formula is C30H39N5O9. The highest BCUT2D eigenvalue weighted by Crippen LogP contribution is 2.27. The standard InChI is InChI=1S/C30H39N5O9/c1-3-43-30(42)34-13-11-33(12-14-34)29(41)22(8-9-27(38)39)32-28(40)24-16-25(21-7-6-19(2)15-23(21)31-24)44-18-26(37)35-10-4-5-20(35)17-36/h6-7,15-16,20,22,36H,3-5,8-14,17-18H2,1-2H3,(H,32,40)(H,38,39). The number of nitrogens with one attached hydrogen (secondary N) is 1. The summed E-state index contributed by atoms with van der Waals surface area (Å²) in [6.07, 6.45) is 0.533. The fourth-order valence-electron chi connectivity index (χ4n) is 5.42. The molecule has 2 fully saturated rings. The number of carbonyl (C=O) groups is 5. The third-order valence-corrected chi connectivity index (χ3v) is 7.79. The Morgan fingerprint density at radius 1 is 1.07 bits per heavy atom. The Morgan fingerprint density at radius 3 is 2.48 bits per heavy atom. The number of nitrogens with zero attached hydrogens (tertiary/aromatic N) is 4. The minimum absolute atomic E-state index is 0.0692. The molecule has 0 bridgehead atoms. The van der Waals surface area contributed by atoms with Crippen LogP contribution in [-0.4, -0.2) is 124 Å². The molecule has 3 N–H and O–H groups in total. The van der Waals surface area contributed by atoms with Gasteiger partial charge in [0, 0.05) is 50.6 Å². The van der Waals surface area contributed by atoms with Crippen molar-refractivity contribution in [2.24, 2.45) is 0 Å². The van der Waals surface area contributed by atoms with Gasteiger partial charge in [0.05, 0.1) is 24.8 Å². The number of aliphatic hydroxyl groups is 1. The third kappa shape index (κ3) is 7.92. The number of carbonyl (C=O) groups excluding carboxylic acids is 4. The molecule has 44 heavy (non-hydrogen) atoms. The van der Waals surface area contributed by atoms with E-state index in [9.17, 15) is 34.2 Å². The molecule has 2 atom stereocenters. The van der Waals surface area contributed by atoms with Crippen LogP contribution in [-0.2, 0) is 19.1 Å². The second kappa shape index (κ2) is 14.8. The van der Waals surface area contributed by atoms with E-state index < -0.39 is 29.9 Å². The summed E-state index contributed by atoms with van der Waals surface area (Å²) in [6.45, 7) is 4.78. The van der Waals surface area contributed by atoms with Crippen molar-refractivity contribution in [1.29, 1.82) is 0 Å². The lowest BCUT2D eigenvalue weighted by atomic mass is 10.1. The average molecular weight is 614 g/mol. The number of carboxylic acids is 1. The maximum absolute atomic E-state index is 13.5. The molecule has 2 aliphatic rings. The minimum atomic E-state index is -1.15. The maximum Gasteiger partial charge on any atom is 0.409 e. The van der Waals surface area contributed by atoms with E-state index in [1.165, 1.54) is 15.9 Å². The highest BCUT2D eigenvalue weighted by Gasteiger charge is 2.32. The number of aromatic nitrogens is 1. The van der Waals surface area contributed by atoms with Crippen LogP contribution in [0.4, 0.5) is 4.79 Å². The number of benzene rings is 1. The van der Waals surface area contributed by atoms with E-state index in [1.807, 2.05) is 13.0 Å². The Bertz CT molecular complexity index is 1390. The van der Waals surface area contributed by atoms with E-state index in [0.29, 0.717) is 23.9 Å². The number of aryl methyl sites for hydroxylation is 1. The molecule has 2 aromatic rings. The number of hydrogen-bond donors (Lipinski definition) is 3. The monoisotopic (exact) mass is 613 g/mol. The zero-order chi connectivity index (χ0) is 31.8. The van der Waals surface area contributed by atoms with Crippen LogP contribution < -0.4 is 10.1 Å². The summed E-state index contributed by atoms with van der Waals surface area (Å²) < 4.78 is 10.9. The first-order valence-corrected chi connectivity index (χ1v) is 14.8. The fraction of sp³-hybridized carbons (Fsp3) is 0.533. The fourth-order valence-corrected chi connectivity index (χ4v) is 5.42. The van der Waals surface area contributed by atoms with Gasteiger partial charge < -0.3 is 39.7 Å². The normalized spacial score (nSPS) is 17.3. The first-order valence-electron chi connectivity index (χ1n) is 14.8. The molecule has 2 saturated heterocycles. The Morgan fingerprint density at radius 2 is 1.80 bits per heavy atom. The molecule has 14 heteroatoms. The predicted octanol–water partition coefficient (Wildman–Crippen LogP) is 1.17. The van der Waals surface area contributed by atoms with Crippen molar-refractivity contribution in [3.63, 3.8) is 0 Å². The van der Waals surface area contributed by atoms with Gasteiger partial charge in [-0.05, 0) is 50.8 Å². The van der Waals surface area contributed by atoms with Gasteiger partial charge in [-0.3, -0.25) is 19.2 Å². The van der Waals surface area contributed by atoms with Gasteiger partial charge in [0.25, 0.3) is 11.8 Å². The first-order chi connectivity index (χ1) is 21.1. The highest BCUT2D eigenvalue weighted by atomic mass is 16.6. The number of fused-ring (bicyclic) bond motifs is 1. The number of carboxylic acid groups (broad SMARTS) is 1. The summed E-state index contributed by atoms with van der Waals surface area (Å²) in [6, 6.07) is 5.38. The van der Waals surface area contributed by atoms with Crippen molar-refractivity contribution in [2.75, 3.05) is 52.5 Å². The second-order valence-electron chi connectivity index (χ2n) is 10.9. The summed E-state index contributed by atoms with van der Waals surface area (Å²) in [4.78, 5) is 72.2. The van der Waals surface area contributed by atoms with Crippen LogP contribution in [0.15, 0.2) is 24.3 Å². The predicted molar refractivity (Wildman–Crippen MR) is 157 cm³/mol. The lowest BCUT2D eigenvalue weighted by Gasteiger charge is -2.35. The number of rotatable bonds is 11. The molecule has 0 saturated carbocycles. The first kappa shape index (κ1) is 32.5. The van der Waals surface area contributed by atoms with E-state index in [-0.39, 0.29) is 82.2 Å². The molecule has 4 amide bonds. The summed E-state index contributed by atoms with van der Waals surface area (Å²) >= 11 is 0. The van der Waals surface area contributed by atoms with Crippen LogP contribution in [0.25, 0.3) is 10.9 Å². The molecule has 4 rings (SSSR count). The highest BCUT2D eigenvalue weighted by molar-refractivity contribution is 5.99. The number of piperazine rings is 1. The van der Waals surface area contributed by atoms with Crippen LogP contribution in [0.3, 0.4) is 0 Å². The van der Waals surface area contributed by atoms with Crippen LogP contribution in [0.1, 0.15) is 48.7 Å². The van der Waals surface area contributed by atoms with Crippen LogP contribution >= 0.6 is 0 Å². The van der Waals surface area contributed by atoms with Crippen molar-refractivity contribution < 1.29 is 43.7 Å². The Balaban J connectivity index is 1.51. The zero-order valence-electron chi connectivity index (χ0n) is 25.0. The Hall–Kier alpha value is -4.46. The number of hydrogen-bond acceptors (Lipinski definition) is 9. The number of aliphatic hydroxyl groups excluding tert-OH is 1. The van der Waals surface area contributed by atoms with Gasteiger partial charge >= 0.3 is 12.1 Å². The van der Waals surface area contributed by atoms with Crippen molar-refractivity contribution in [3.8, 4) is 5.75 Å². The van der Waals surface area contributed by atoms with Gasteiger partial charge in [-0.15, -0.1) is 0 Å². The van der Waals surface area contributed by atoms with E-state index in [2.05, 4.69) is 10.3 Å². The summed E-state index contributed by atoms with van der Waals surface area (Å²) in [5.41, 5.74) is 1.25. The van der Waals surface area contributed by atoms with Crippen LogP contribution in [0.2, 0.25) is 0 Å². The van der Waals surface area contributed by atoms with Gasteiger partial charge in [0.2, 0.25) is 5.91 Å².